The van der Waals surface area contributed by atoms with Gasteiger partial charge in [-0.05, 0) is 17.5 Å². The van der Waals surface area contributed by atoms with Crippen molar-refractivity contribution in [3.05, 3.63) is 54.6 Å². The predicted octanol–water partition coefficient (Wildman–Crippen LogP) is 3.02. The van der Waals surface area contributed by atoms with Gasteiger partial charge in [0.05, 0.1) is 18.1 Å². The summed E-state index contributed by atoms with van der Waals surface area (Å²) in [6, 6.07) is 10.4. The Morgan fingerprint density at radius 3 is 2.39 bits per heavy atom. The molecule has 2 aromatic carbocycles. The van der Waals surface area contributed by atoms with Crippen LogP contribution in [0.3, 0.4) is 0 Å². The highest BCUT2D eigenvalue weighted by atomic mass is 19.1. The fraction of sp³-hybridized carbons (Fsp3) is 0. The third kappa shape index (κ3) is 1.68. The number of hydrogen-bond donors (Lipinski definition) is 1. The number of rotatable bonds is 1. The number of halogens is 1. The van der Waals surface area contributed by atoms with Crippen molar-refractivity contribution in [1.29, 1.82) is 0 Å². The lowest BCUT2D eigenvalue weighted by molar-refractivity contribution is 0.640. The van der Waals surface area contributed by atoms with Gasteiger partial charge in [0.25, 0.3) is 0 Å². The van der Waals surface area contributed by atoms with E-state index in [4.69, 9.17) is 5.73 Å². The molecule has 0 amide bonds. The Labute approximate surface area is 103 Å². The summed E-state index contributed by atoms with van der Waals surface area (Å²) in [5.41, 5.74) is 7.04. The first kappa shape index (κ1) is 10.7. The van der Waals surface area contributed by atoms with E-state index in [1.165, 1.54) is 12.3 Å². The first-order valence-corrected chi connectivity index (χ1v) is 5.51. The van der Waals surface area contributed by atoms with Gasteiger partial charge < -0.3 is 5.73 Å². The second kappa shape index (κ2) is 4.07. The van der Waals surface area contributed by atoms with E-state index in [1.807, 2.05) is 18.2 Å². The maximum absolute atomic E-state index is 13.7. The summed E-state index contributed by atoms with van der Waals surface area (Å²) in [5.74, 6) is 0.128. The van der Waals surface area contributed by atoms with Gasteiger partial charge in [-0.25, -0.2) is 9.37 Å². The van der Waals surface area contributed by atoms with Crippen LogP contribution in [0, 0.1) is 5.82 Å². The fourth-order valence-electron chi connectivity index (χ4n) is 1.96. The SMILES string of the molecule is Nc1cnc(-c2ccc(F)c3ccccc23)cn1. The molecule has 0 aliphatic rings. The zero-order chi connectivity index (χ0) is 12.5. The number of nitrogens with zero attached hydrogens (tertiary/aromatic N) is 2. The van der Waals surface area contributed by atoms with E-state index < -0.39 is 0 Å². The average molecular weight is 239 g/mol. The summed E-state index contributed by atoms with van der Waals surface area (Å²) in [6.45, 7) is 0. The topological polar surface area (TPSA) is 51.8 Å². The molecule has 0 atom stereocenters. The predicted molar refractivity (Wildman–Crippen MR) is 69.3 cm³/mol. The number of nitrogen functional groups attached to an aromatic ring is 1. The lowest BCUT2D eigenvalue weighted by Gasteiger charge is -2.06. The average Bonchev–Trinajstić information content (AvgIpc) is 2.41. The Kier molecular flexibility index (Phi) is 2.41. The van der Waals surface area contributed by atoms with E-state index >= 15 is 0 Å². The van der Waals surface area contributed by atoms with Gasteiger partial charge in [-0.15, -0.1) is 0 Å². The first-order valence-electron chi connectivity index (χ1n) is 5.51. The van der Waals surface area contributed by atoms with E-state index in [0.717, 1.165) is 10.9 Å². The lowest BCUT2D eigenvalue weighted by atomic mass is 10.0. The maximum atomic E-state index is 13.7. The molecule has 0 spiro atoms. The molecule has 1 heterocycles. The van der Waals surface area contributed by atoms with Crippen LogP contribution < -0.4 is 5.73 Å². The number of fused-ring (bicyclic) bond motifs is 1. The molecule has 0 aliphatic heterocycles. The van der Waals surface area contributed by atoms with Crippen LogP contribution >= 0.6 is 0 Å². The van der Waals surface area contributed by atoms with Crippen LogP contribution in [0.15, 0.2) is 48.8 Å². The number of anilines is 1. The Bertz CT molecular complexity index is 708. The second-order valence-corrected chi connectivity index (χ2v) is 3.97. The quantitative estimate of drug-likeness (QED) is 0.710. The van der Waals surface area contributed by atoms with Gasteiger partial charge in [0, 0.05) is 10.9 Å². The summed E-state index contributed by atoms with van der Waals surface area (Å²) >= 11 is 0. The summed E-state index contributed by atoms with van der Waals surface area (Å²) in [6.07, 6.45) is 3.09. The van der Waals surface area contributed by atoms with Crippen LogP contribution in [-0.4, -0.2) is 9.97 Å². The Morgan fingerprint density at radius 2 is 1.67 bits per heavy atom. The molecule has 0 radical (unpaired) electrons. The van der Waals surface area contributed by atoms with E-state index in [-0.39, 0.29) is 5.82 Å². The molecule has 3 aromatic rings. The number of benzene rings is 2. The monoisotopic (exact) mass is 239 g/mol. The highest BCUT2D eigenvalue weighted by molar-refractivity contribution is 5.96. The van der Waals surface area contributed by atoms with E-state index in [2.05, 4.69) is 9.97 Å². The molecule has 0 unspecified atom stereocenters. The largest absolute Gasteiger partial charge is 0.382 e. The zero-order valence-electron chi connectivity index (χ0n) is 9.47. The van der Waals surface area contributed by atoms with Crippen LogP contribution in [0.2, 0.25) is 0 Å². The summed E-state index contributed by atoms with van der Waals surface area (Å²) in [7, 11) is 0. The molecular formula is C14H10FN3. The maximum Gasteiger partial charge on any atom is 0.141 e. The van der Waals surface area contributed by atoms with E-state index in [0.29, 0.717) is 16.9 Å². The number of aromatic nitrogens is 2. The van der Waals surface area contributed by atoms with Crippen molar-refractivity contribution in [2.45, 2.75) is 0 Å². The Morgan fingerprint density at radius 1 is 0.889 bits per heavy atom. The molecule has 3 nitrogen and oxygen atoms in total. The highest BCUT2D eigenvalue weighted by Gasteiger charge is 2.08. The molecule has 0 saturated heterocycles. The van der Waals surface area contributed by atoms with Crippen molar-refractivity contribution in [3.8, 4) is 11.3 Å². The molecule has 0 fully saturated rings. The van der Waals surface area contributed by atoms with Gasteiger partial charge in [-0.2, -0.15) is 0 Å². The van der Waals surface area contributed by atoms with Crippen molar-refractivity contribution in [3.63, 3.8) is 0 Å². The van der Waals surface area contributed by atoms with Crippen molar-refractivity contribution in [2.24, 2.45) is 0 Å². The third-order valence-electron chi connectivity index (χ3n) is 2.82. The van der Waals surface area contributed by atoms with Crippen LogP contribution in [-0.2, 0) is 0 Å². The smallest absolute Gasteiger partial charge is 0.141 e. The molecule has 0 aliphatic carbocycles. The van der Waals surface area contributed by atoms with Crippen molar-refractivity contribution in [1.82, 2.24) is 9.97 Å². The summed E-state index contributed by atoms with van der Waals surface area (Å²) in [4.78, 5) is 8.22. The van der Waals surface area contributed by atoms with Gasteiger partial charge in [0.2, 0.25) is 0 Å². The van der Waals surface area contributed by atoms with Crippen LogP contribution in [0.4, 0.5) is 10.2 Å². The lowest BCUT2D eigenvalue weighted by Crippen LogP contribution is -1.93. The minimum atomic E-state index is -0.238. The normalized spacial score (nSPS) is 10.7. The Balaban J connectivity index is 2.30. The molecule has 1 aromatic heterocycles. The molecule has 0 bridgehead atoms. The minimum absolute atomic E-state index is 0.238. The molecule has 18 heavy (non-hydrogen) atoms. The van der Waals surface area contributed by atoms with Crippen LogP contribution in [0.25, 0.3) is 22.0 Å². The van der Waals surface area contributed by atoms with Crippen molar-refractivity contribution >= 4 is 16.6 Å². The minimum Gasteiger partial charge on any atom is -0.382 e. The van der Waals surface area contributed by atoms with Gasteiger partial charge in [0.15, 0.2) is 0 Å². The zero-order valence-corrected chi connectivity index (χ0v) is 9.47. The first-order chi connectivity index (χ1) is 8.75. The van der Waals surface area contributed by atoms with Crippen LogP contribution in [0.1, 0.15) is 0 Å². The van der Waals surface area contributed by atoms with Gasteiger partial charge in [-0.1, -0.05) is 24.3 Å². The van der Waals surface area contributed by atoms with Gasteiger partial charge in [-0.3, -0.25) is 4.98 Å². The van der Waals surface area contributed by atoms with Crippen molar-refractivity contribution < 1.29 is 4.39 Å². The van der Waals surface area contributed by atoms with Crippen molar-refractivity contribution in [2.75, 3.05) is 5.73 Å². The molecule has 0 saturated carbocycles. The van der Waals surface area contributed by atoms with E-state index in [9.17, 15) is 4.39 Å². The van der Waals surface area contributed by atoms with Crippen LogP contribution in [0.5, 0.6) is 0 Å². The van der Waals surface area contributed by atoms with Gasteiger partial charge in [0.1, 0.15) is 11.6 Å². The Hall–Kier alpha value is -2.49. The number of hydrogen-bond acceptors (Lipinski definition) is 3. The summed E-state index contributed by atoms with van der Waals surface area (Å²) in [5, 5.41) is 1.39. The molecule has 88 valence electrons. The summed E-state index contributed by atoms with van der Waals surface area (Å²) < 4.78 is 13.7. The number of nitrogens with two attached hydrogens (primary N) is 1. The van der Waals surface area contributed by atoms with E-state index in [1.54, 1.807) is 18.3 Å². The van der Waals surface area contributed by atoms with Gasteiger partial charge >= 0.3 is 0 Å². The molecule has 2 N–H and O–H groups in total. The standard InChI is InChI=1S/C14H10FN3/c15-12-6-5-11(9-3-1-2-4-10(9)12)13-7-18-14(16)8-17-13/h1-8H,(H2,16,18). The molecular weight excluding hydrogens is 229 g/mol. The second-order valence-electron chi connectivity index (χ2n) is 3.97. The fourth-order valence-corrected chi connectivity index (χ4v) is 1.96. The third-order valence-corrected chi connectivity index (χ3v) is 2.82. The highest BCUT2D eigenvalue weighted by Crippen LogP contribution is 2.28. The molecule has 4 heteroatoms. The molecule has 3 rings (SSSR count).